The summed E-state index contributed by atoms with van der Waals surface area (Å²) < 4.78 is 10.5. The van der Waals surface area contributed by atoms with E-state index in [0.717, 1.165) is 21.7 Å². The van der Waals surface area contributed by atoms with Gasteiger partial charge in [-0.15, -0.1) is 32.9 Å². The first-order valence-corrected chi connectivity index (χ1v) is 12.0. The van der Waals surface area contributed by atoms with Crippen LogP contribution in [0.1, 0.15) is 39.1 Å². The number of aryl methyl sites for hydroxylation is 1. The lowest BCUT2D eigenvalue weighted by Crippen LogP contribution is -2.27. The largest absolute Gasteiger partial charge is 0.449 e. The van der Waals surface area contributed by atoms with Crippen LogP contribution < -0.4 is 10.6 Å². The lowest BCUT2D eigenvalue weighted by atomic mass is 9.88. The van der Waals surface area contributed by atoms with Crippen LogP contribution in [0, 0.1) is 24.2 Å². The van der Waals surface area contributed by atoms with Crippen molar-refractivity contribution >= 4 is 45.8 Å². The van der Waals surface area contributed by atoms with Crippen molar-refractivity contribution in [3.05, 3.63) is 56.3 Å². The molecule has 3 aromatic heterocycles. The molecule has 1 atom stereocenters. The number of ether oxygens (including phenoxy) is 1. The van der Waals surface area contributed by atoms with E-state index in [0.29, 0.717) is 35.2 Å². The molecule has 2 amide bonds. The summed E-state index contributed by atoms with van der Waals surface area (Å²) in [5.41, 5.74) is 1.51. The van der Waals surface area contributed by atoms with Gasteiger partial charge in [0.05, 0.1) is 18.7 Å². The molecule has 1 aliphatic rings. The van der Waals surface area contributed by atoms with Crippen molar-refractivity contribution in [2.24, 2.45) is 5.92 Å². The molecule has 9 nitrogen and oxygen atoms in total. The molecule has 0 saturated carbocycles. The molecule has 1 aliphatic carbocycles. The van der Waals surface area contributed by atoms with Crippen LogP contribution >= 0.6 is 22.7 Å². The number of fused-ring (bicyclic) bond motifs is 1. The van der Waals surface area contributed by atoms with Crippen LogP contribution in [-0.2, 0) is 28.9 Å². The van der Waals surface area contributed by atoms with Gasteiger partial charge in [-0.25, -0.2) is 4.79 Å². The van der Waals surface area contributed by atoms with Gasteiger partial charge in [0.25, 0.3) is 0 Å². The minimum absolute atomic E-state index is 0.106. The second-order valence-electron chi connectivity index (χ2n) is 7.43. The van der Waals surface area contributed by atoms with Crippen LogP contribution in [0.25, 0.3) is 6.08 Å². The number of nitrogens with zero attached hydrogens (tertiary/aromatic N) is 3. The summed E-state index contributed by atoms with van der Waals surface area (Å²) in [6.45, 7) is 2.04. The summed E-state index contributed by atoms with van der Waals surface area (Å²) in [6, 6.07) is 6.08. The molecular formula is C22H21N5O4S2. The highest BCUT2D eigenvalue weighted by molar-refractivity contribution is 7.16. The maximum absolute atomic E-state index is 12.3. The molecule has 33 heavy (non-hydrogen) atoms. The highest BCUT2D eigenvalue weighted by Crippen LogP contribution is 2.39. The van der Waals surface area contributed by atoms with Crippen LogP contribution in [0.4, 0.5) is 9.80 Å². The summed E-state index contributed by atoms with van der Waals surface area (Å²) in [6.07, 6.45) is 4.85. The van der Waals surface area contributed by atoms with Crippen LogP contribution in [-0.4, -0.2) is 28.8 Å². The van der Waals surface area contributed by atoms with Crippen molar-refractivity contribution < 1.29 is 18.7 Å². The van der Waals surface area contributed by atoms with Gasteiger partial charge in [0, 0.05) is 22.8 Å². The number of carbonyl (C=O) groups excluding carboxylic acids is 2. The summed E-state index contributed by atoms with van der Waals surface area (Å²) in [7, 11) is 0. The Labute approximate surface area is 198 Å². The number of amides is 2. The molecule has 0 aliphatic heterocycles. The topological polar surface area (TPSA) is 130 Å². The normalized spacial score (nSPS) is 15.1. The van der Waals surface area contributed by atoms with Crippen molar-refractivity contribution in [3.63, 3.8) is 0 Å². The number of anilines is 1. The average Bonchev–Trinajstić information content (AvgIpc) is 3.54. The van der Waals surface area contributed by atoms with E-state index in [1.165, 1.54) is 17.4 Å². The second-order valence-corrected chi connectivity index (χ2v) is 9.52. The van der Waals surface area contributed by atoms with Gasteiger partial charge in [0.2, 0.25) is 17.7 Å². The lowest BCUT2D eigenvalue weighted by molar-refractivity contribution is -0.111. The van der Waals surface area contributed by atoms with E-state index in [9.17, 15) is 14.9 Å². The molecule has 0 aromatic carbocycles. The predicted molar refractivity (Wildman–Crippen MR) is 124 cm³/mol. The van der Waals surface area contributed by atoms with Crippen LogP contribution in [0.3, 0.4) is 0 Å². The Morgan fingerprint density at radius 3 is 3.03 bits per heavy atom. The van der Waals surface area contributed by atoms with Crippen molar-refractivity contribution in [3.8, 4) is 6.07 Å². The number of nitrogens with one attached hydrogen (secondary N) is 2. The predicted octanol–water partition coefficient (Wildman–Crippen LogP) is 4.06. The summed E-state index contributed by atoms with van der Waals surface area (Å²) in [5, 5.41) is 25.1. The zero-order valence-electron chi connectivity index (χ0n) is 17.8. The maximum atomic E-state index is 12.3. The maximum Gasteiger partial charge on any atom is 0.407 e. The van der Waals surface area contributed by atoms with E-state index in [2.05, 4.69) is 26.9 Å². The third-order valence-electron chi connectivity index (χ3n) is 5.06. The number of alkyl carbamates (subject to hydrolysis) is 1. The third-order valence-corrected chi connectivity index (χ3v) is 7.07. The van der Waals surface area contributed by atoms with Crippen molar-refractivity contribution in [1.29, 1.82) is 5.26 Å². The number of hydrogen-bond acceptors (Lipinski definition) is 9. The number of carbonyl (C=O) groups is 2. The quantitative estimate of drug-likeness (QED) is 0.485. The van der Waals surface area contributed by atoms with E-state index < -0.39 is 6.09 Å². The van der Waals surface area contributed by atoms with E-state index in [1.807, 2.05) is 17.5 Å². The van der Waals surface area contributed by atoms with Gasteiger partial charge in [0.1, 0.15) is 11.1 Å². The number of aromatic nitrogens is 2. The monoisotopic (exact) mass is 483 g/mol. The Balaban J connectivity index is 1.31. The zero-order valence-corrected chi connectivity index (χ0v) is 19.4. The van der Waals surface area contributed by atoms with Gasteiger partial charge in [0.15, 0.2) is 0 Å². The summed E-state index contributed by atoms with van der Waals surface area (Å²) in [5.74, 6) is 0.613. The van der Waals surface area contributed by atoms with Gasteiger partial charge in [-0.3, -0.25) is 4.79 Å². The number of thiophene rings is 2. The molecule has 0 saturated heterocycles. The highest BCUT2D eigenvalue weighted by atomic mass is 32.1. The summed E-state index contributed by atoms with van der Waals surface area (Å²) in [4.78, 5) is 26.3. The minimum atomic E-state index is -0.550. The first kappa shape index (κ1) is 22.7. The number of rotatable bonds is 7. The second kappa shape index (κ2) is 10.4. The van der Waals surface area contributed by atoms with Gasteiger partial charge in [-0.2, -0.15) is 5.26 Å². The van der Waals surface area contributed by atoms with Crippen LogP contribution in [0.2, 0.25) is 0 Å². The highest BCUT2D eigenvalue weighted by Gasteiger charge is 2.27. The molecule has 11 heteroatoms. The Morgan fingerprint density at radius 1 is 1.42 bits per heavy atom. The molecular weight excluding hydrogens is 462 g/mol. The van der Waals surface area contributed by atoms with Gasteiger partial charge in [-0.05, 0) is 48.3 Å². The molecule has 2 N–H and O–H groups in total. The van der Waals surface area contributed by atoms with Gasteiger partial charge >= 0.3 is 6.09 Å². The number of nitriles is 1. The van der Waals surface area contributed by atoms with Crippen LogP contribution in [0.15, 0.2) is 28.0 Å². The van der Waals surface area contributed by atoms with Crippen molar-refractivity contribution in [2.45, 2.75) is 32.7 Å². The Morgan fingerprint density at radius 2 is 2.30 bits per heavy atom. The lowest BCUT2D eigenvalue weighted by Gasteiger charge is -2.21. The Hall–Kier alpha value is -3.49. The standard InChI is InChI=1S/C22H21N5O4S2/c1-13-26-27-20(31-13)11-24-22(29)30-12-14-4-6-16-17(10-23)21(33-18(16)9-14)25-19(28)7-5-15-3-2-8-32-15/h2-3,5,7-8,14H,4,6,9,11-12H2,1H3,(H,24,29)(H,25,28). The van der Waals surface area contributed by atoms with Gasteiger partial charge in [-0.1, -0.05) is 6.07 Å². The number of hydrogen-bond donors (Lipinski definition) is 2. The Kier molecular flexibility index (Phi) is 7.16. The SMILES string of the molecule is Cc1nnc(CNC(=O)OCC2CCc3c(sc(NC(=O)C=Cc4cccs4)c3C#N)C2)o1. The fraction of sp³-hybridized carbons (Fsp3) is 0.318. The molecule has 3 heterocycles. The molecule has 4 rings (SSSR count). The molecule has 0 radical (unpaired) electrons. The molecule has 0 spiro atoms. The molecule has 170 valence electrons. The molecule has 0 bridgehead atoms. The van der Waals surface area contributed by atoms with Gasteiger partial charge < -0.3 is 19.8 Å². The third kappa shape index (κ3) is 5.85. The van der Waals surface area contributed by atoms with Crippen LogP contribution in [0.5, 0.6) is 0 Å². The molecule has 1 unspecified atom stereocenters. The van der Waals surface area contributed by atoms with E-state index in [4.69, 9.17) is 9.15 Å². The first-order valence-electron chi connectivity index (χ1n) is 10.3. The zero-order chi connectivity index (χ0) is 23.2. The minimum Gasteiger partial charge on any atom is -0.449 e. The summed E-state index contributed by atoms with van der Waals surface area (Å²) >= 11 is 2.96. The van der Waals surface area contributed by atoms with E-state index in [-0.39, 0.29) is 25.0 Å². The smallest absolute Gasteiger partial charge is 0.407 e. The Bertz CT molecular complexity index is 1210. The average molecular weight is 484 g/mol. The molecule has 3 aromatic rings. The van der Waals surface area contributed by atoms with E-state index in [1.54, 1.807) is 24.3 Å². The van der Waals surface area contributed by atoms with Crippen molar-refractivity contribution in [1.82, 2.24) is 15.5 Å². The van der Waals surface area contributed by atoms with E-state index >= 15 is 0 Å². The van der Waals surface area contributed by atoms with Crippen molar-refractivity contribution in [2.75, 3.05) is 11.9 Å². The molecule has 0 fully saturated rings. The fourth-order valence-electron chi connectivity index (χ4n) is 3.50. The fourth-order valence-corrected chi connectivity index (χ4v) is 5.43. The first-order chi connectivity index (χ1) is 16.0.